The first kappa shape index (κ1) is 30.4. The summed E-state index contributed by atoms with van der Waals surface area (Å²) < 4.78 is 5.79. The molecule has 1 aliphatic heterocycles. The van der Waals surface area contributed by atoms with Crippen LogP contribution in [0.25, 0.3) is 0 Å². The van der Waals surface area contributed by atoms with Gasteiger partial charge in [0, 0.05) is 50.9 Å². The minimum atomic E-state index is -0.637. The van der Waals surface area contributed by atoms with Crippen molar-refractivity contribution in [2.24, 2.45) is 0 Å². The monoisotopic (exact) mass is 543 g/mol. The fourth-order valence-electron chi connectivity index (χ4n) is 3.66. The van der Waals surface area contributed by atoms with Crippen molar-refractivity contribution in [3.05, 3.63) is 94.0 Å². The van der Waals surface area contributed by atoms with Gasteiger partial charge < -0.3 is 19.8 Å². The fraction of sp³-hybridized carbons (Fsp3) is 0.345. The van der Waals surface area contributed by atoms with Crippen LogP contribution in [0.4, 0.5) is 5.69 Å². The van der Waals surface area contributed by atoms with Crippen LogP contribution in [0.15, 0.2) is 72.8 Å². The molecule has 0 amide bonds. The third kappa shape index (κ3) is 10.2. The second-order valence-corrected chi connectivity index (χ2v) is 9.84. The van der Waals surface area contributed by atoms with Gasteiger partial charge in [0.25, 0.3) is 0 Å². The number of halogens is 2. The van der Waals surface area contributed by atoms with E-state index >= 15 is 0 Å². The van der Waals surface area contributed by atoms with Gasteiger partial charge >= 0.3 is 0 Å². The summed E-state index contributed by atoms with van der Waals surface area (Å²) in [4.78, 5) is 4.70. The first-order valence-corrected chi connectivity index (χ1v) is 12.8. The van der Waals surface area contributed by atoms with Gasteiger partial charge in [0.2, 0.25) is 0 Å². The summed E-state index contributed by atoms with van der Waals surface area (Å²) in [6, 6.07) is 25.1. The molecule has 3 aromatic carbocycles. The van der Waals surface area contributed by atoms with Crippen LogP contribution in [0.1, 0.15) is 25.0 Å². The molecule has 0 aromatic heterocycles. The lowest BCUT2D eigenvalue weighted by Gasteiger charge is -2.36. The molecule has 6 nitrogen and oxygen atoms in total. The predicted octanol–water partition coefficient (Wildman–Crippen LogP) is 5.63. The third-order valence-corrected chi connectivity index (χ3v) is 6.18. The van der Waals surface area contributed by atoms with E-state index in [4.69, 9.17) is 38.3 Å². The van der Waals surface area contributed by atoms with Gasteiger partial charge in [-0.05, 0) is 55.8 Å². The van der Waals surface area contributed by atoms with Crippen molar-refractivity contribution in [2.75, 3.05) is 44.8 Å². The van der Waals surface area contributed by atoms with E-state index in [1.54, 1.807) is 0 Å². The number of aliphatic hydroxyl groups excluding tert-OH is 2. The first-order chi connectivity index (χ1) is 17.8. The van der Waals surface area contributed by atoms with E-state index in [2.05, 4.69) is 15.9 Å². The highest BCUT2D eigenvalue weighted by molar-refractivity contribution is 6.33. The molecule has 3 aromatic rings. The van der Waals surface area contributed by atoms with E-state index in [1.807, 2.05) is 86.6 Å². The molecule has 0 bridgehead atoms. The molecule has 0 aliphatic carbocycles. The van der Waals surface area contributed by atoms with Gasteiger partial charge in [0.05, 0.1) is 28.9 Å². The van der Waals surface area contributed by atoms with Crippen LogP contribution in [0.2, 0.25) is 10.0 Å². The highest BCUT2D eigenvalue weighted by Gasteiger charge is 2.21. The largest absolute Gasteiger partial charge is 0.485 e. The molecule has 4 rings (SSSR count). The molecule has 0 spiro atoms. The highest BCUT2D eigenvalue weighted by atomic mass is 35.5. The summed E-state index contributed by atoms with van der Waals surface area (Å²) in [5, 5.41) is 26.7. The van der Waals surface area contributed by atoms with Crippen molar-refractivity contribution in [3.8, 4) is 11.8 Å². The Hall–Kier alpha value is -2.79. The maximum atomic E-state index is 9.35. The third-order valence-electron chi connectivity index (χ3n) is 5.63. The summed E-state index contributed by atoms with van der Waals surface area (Å²) in [5.41, 5.74) is 2.28. The lowest BCUT2D eigenvalue weighted by Crippen LogP contribution is -2.46. The molecule has 0 saturated carbocycles. The average molecular weight is 545 g/mol. The predicted molar refractivity (Wildman–Crippen MR) is 151 cm³/mol. The standard InChI is InChI=1S/C22H26ClN3O2.C6H5Cl.CH4O/c1-22(2,16-27)28-19-7-8-21(20(23)13-19)26-11-9-25(10-12-26)15-18-5-3-17(14-24)4-6-18;7-6-4-2-1-3-5-6;1-2/h3-8,13,27H,9-12,15-16H2,1-2H3;1-5H;2H,1H3. The lowest BCUT2D eigenvalue weighted by atomic mass is 10.1. The maximum Gasteiger partial charge on any atom is 0.126 e. The van der Waals surface area contributed by atoms with Crippen LogP contribution in [0.3, 0.4) is 0 Å². The lowest BCUT2D eigenvalue weighted by molar-refractivity contribution is 0.0413. The van der Waals surface area contributed by atoms with Crippen molar-refractivity contribution in [2.45, 2.75) is 26.0 Å². The topological polar surface area (TPSA) is 80.0 Å². The van der Waals surface area contributed by atoms with E-state index in [1.165, 1.54) is 5.56 Å². The molecule has 2 N–H and O–H groups in total. The molecular weight excluding hydrogens is 509 g/mol. The fourth-order valence-corrected chi connectivity index (χ4v) is 4.10. The van der Waals surface area contributed by atoms with Gasteiger partial charge in [-0.15, -0.1) is 0 Å². The number of nitrogens with zero attached hydrogens (tertiary/aromatic N) is 3. The molecule has 1 aliphatic rings. The molecule has 198 valence electrons. The summed E-state index contributed by atoms with van der Waals surface area (Å²) in [7, 11) is 1.00. The van der Waals surface area contributed by atoms with Crippen LogP contribution in [0, 0.1) is 11.3 Å². The van der Waals surface area contributed by atoms with E-state index in [0.717, 1.165) is 50.5 Å². The van der Waals surface area contributed by atoms with Crippen molar-refractivity contribution < 1.29 is 14.9 Å². The van der Waals surface area contributed by atoms with E-state index in [-0.39, 0.29) is 6.61 Å². The zero-order valence-corrected chi connectivity index (χ0v) is 23.1. The smallest absolute Gasteiger partial charge is 0.126 e. The molecule has 1 fully saturated rings. The second-order valence-electron chi connectivity index (χ2n) is 9.00. The summed E-state index contributed by atoms with van der Waals surface area (Å²) in [5.74, 6) is 0.659. The minimum Gasteiger partial charge on any atom is -0.485 e. The SMILES string of the molecule is CC(C)(CO)Oc1ccc(N2CCN(Cc3ccc(C#N)cc3)CC2)c(Cl)c1.CO.Clc1ccccc1. The Balaban J connectivity index is 0.000000455. The Bertz CT molecular complexity index is 1110. The number of rotatable bonds is 6. The van der Waals surface area contributed by atoms with Gasteiger partial charge in [-0.25, -0.2) is 0 Å². The van der Waals surface area contributed by atoms with Gasteiger partial charge in [0.1, 0.15) is 11.4 Å². The Kier molecular flexibility index (Phi) is 12.7. The number of nitriles is 1. The number of anilines is 1. The van der Waals surface area contributed by atoms with Crippen molar-refractivity contribution in [1.82, 2.24) is 4.90 Å². The highest BCUT2D eigenvalue weighted by Crippen LogP contribution is 2.32. The Morgan fingerprint density at radius 2 is 1.54 bits per heavy atom. The molecule has 1 saturated heterocycles. The van der Waals surface area contributed by atoms with Crippen LogP contribution in [-0.4, -0.2) is 60.6 Å². The number of hydrogen-bond acceptors (Lipinski definition) is 6. The number of piperazine rings is 1. The molecule has 37 heavy (non-hydrogen) atoms. The normalized spacial score (nSPS) is 13.4. The van der Waals surface area contributed by atoms with Gasteiger partial charge in [-0.3, -0.25) is 4.90 Å². The first-order valence-electron chi connectivity index (χ1n) is 12.0. The zero-order valence-electron chi connectivity index (χ0n) is 21.6. The number of ether oxygens (including phenoxy) is 1. The maximum absolute atomic E-state index is 9.35. The summed E-state index contributed by atoms with van der Waals surface area (Å²) in [6.07, 6.45) is 0. The molecular formula is C29H35Cl2N3O3. The van der Waals surface area contributed by atoms with E-state index < -0.39 is 5.60 Å². The molecule has 0 atom stereocenters. The average Bonchev–Trinajstić information content (AvgIpc) is 2.92. The summed E-state index contributed by atoms with van der Waals surface area (Å²) in [6.45, 7) is 8.20. The quantitative estimate of drug-likeness (QED) is 0.419. The van der Waals surface area contributed by atoms with Gasteiger partial charge in [-0.2, -0.15) is 5.26 Å². The number of benzene rings is 3. The van der Waals surface area contributed by atoms with Gasteiger partial charge in [-0.1, -0.05) is 53.5 Å². The Morgan fingerprint density at radius 3 is 2.03 bits per heavy atom. The number of hydrogen-bond donors (Lipinski definition) is 2. The van der Waals surface area contributed by atoms with Crippen LogP contribution >= 0.6 is 23.2 Å². The molecule has 0 radical (unpaired) electrons. The Labute approximate surface area is 230 Å². The van der Waals surface area contributed by atoms with Crippen molar-refractivity contribution >= 4 is 28.9 Å². The summed E-state index contributed by atoms with van der Waals surface area (Å²) >= 11 is 12.0. The van der Waals surface area contributed by atoms with Crippen molar-refractivity contribution in [1.29, 1.82) is 5.26 Å². The minimum absolute atomic E-state index is 0.0619. The Morgan fingerprint density at radius 1 is 0.919 bits per heavy atom. The van der Waals surface area contributed by atoms with Crippen LogP contribution in [-0.2, 0) is 6.54 Å². The van der Waals surface area contributed by atoms with E-state index in [9.17, 15) is 5.11 Å². The van der Waals surface area contributed by atoms with Crippen molar-refractivity contribution in [3.63, 3.8) is 0 Å². The number of aliphatic hydroxyl groups is 2. The second kappa shape index (κ2) is 15.5. The van der Waals surface area contributed by atoms with Gasteiger partial charge in [0.15, 0.2) is 0 Å². The molecule has 8 heteroatoms. The van der Waals surface area contributed by atoms with E-state index in [0.29, 0.717) is 16.3 Å². The van der Waals surface area contributed by atoms with Crippen LogP contribution in [0.5, 0.6) is 5.75 Å². The van der Waals surface area contributed by atoms with Crippen LogP contribution < -0.4 is 9.64 Å². The molecule has 1 heterocycles. The molecule has 0 unspecified atom stereocenters. The zero-order chi connectivity index (χ0) is 27.3.